The Balaban J connectivity index is 0.00000162. The van der Waals surface area contributed by atoms with Gasteiger partial charge in [0.15, 0.2) is 0 Å². The van der Waals surface area contributed by atoms with Crippen LogP contribution in [0.15, 0.2) is 48.5 Å². The largest absolute Gasteiger partial charge is 0.508 e. The highest BCUT2D eigenvalue weighted by molar-refractivity contribution is 5.41. The Hall–Kier alpha value is -2.00. The summed E-state index contributed by atoms with van der Waals surface area (Å²) in [6, 6.07) is 14.4. The molecular formula is C15H16NO2. The molecule has 93 valence electrons. The summed E-state index contributed by atoms with van der Waals surface area (Å²) in [4.78, 5) is 0. The fourth-order valence-corrected chi connectivity index (χ4v) is 1.92. The summed E-state index contributed by atoms with van der Waals surface area (Å²) in [7, 11) is 0. The number of nitrogens with zero attached hydrogens (tertiary/aromatic N) is 1. The van der Waals surface area contributed by atoms with Crippen molar-refractivity contribution in [2.75, 3.05) is 0 Å². The fraction of sp³-hybridized carbons (Fsp3) is 0.200. The smallest absolute Gasteiger partial charge is 0.115 e. The Kier molecular flexibility index (Phi) is 3.99. The predicted molar refractivity (Wildman–Crippen MR) is 70.5 cm³/mol. The van der Waals surface area contributed by atoms with Crippen LogP contribution >= 0.6 is 0 Å². The standard InChI is InChI=1S/C15H16O2.N/c1-15(2,11-3-7-13(16)8-4-11)12-5-9-14(17)10-6-12;/h3-10,16-17H,1-2H3;. The third-order valence-corrected chi connectivity index (χ3v) is 3.18. The molecule has 0 atom stereocenters. The molecule has 2 rings (SSSR count). The Bertz CT molecular complexity index is 454. The molecule has 0 bridgehead atoms. The van der Waals surface area contributed by atoms with Gasteiger partial charge in [0, 0.05) is 11.6 Å². The summed E-state index contributed by atoms with van der Waals surface area (Å²) >= 11 is 0. The van der Waals surface area contributed by atoms with Gasteiger partial charge in [-0.3, -0.25) is 0 Å². The SMILES string of the molecule is CC(C)(c1ccc(O)cc1)c1ccc(O)cc1.[N]. The van der Waals surface area contributed by atoms with Gasteiger partial charge in [-0.2, -0.15) is 0 Å². The number of benzene rings is 2. The van der Waals surface area contributed by atoms with E-state index >= 15 is 0 Å². The third-order valence-electron chi connectivity index (χ3n) is 3.18. The number of hydrogen-bond donors (Lipinski definition) is 2. The highest BCUT2D eigenvalue weighted by Crippen LogP contribution is 2.32. The molecule has 0 saturated carbocycles. The second kappa shape index (κ2) is 5.10. The maximum Gasteiger partial charge on any atom is 0.115 e. The summed E-state index contributed by atoms with van der Waals surface area (Å²) in [5.74, 6) is 0.547. The highest BCUT2D eigenvalue weighted by atomic mass is 16.3. The molecular weight excluding hydrogens is 226 g/mol. The van der Waals surface area contributed by atoms with Gasteiger partial charge >= 0.3 is 0 Å². The van der Waals surface area contributed by atoms with Crippen molar-refractivity contribution in [2.45, 2.75) is 19.3 Å². The van der Waals surface area contributed by atoms with Gasteiger partial charge in [-0.25, -0.2) is 0 Å². The van der Waals surface area contributed by atoms with Crippen LogP contribution in [0.3, 0.4) is 0 Å². The maximum absolute atomic E-state index is 9.30. The van der Waals surface area contributed by atoms with E-state index in [0.29, 0.717) is 0 Å². The van der Waals surface area contributed by atoms with Crippen molar-refractivity contribution >= 4 is 0 Å². The first-order chi connectivity index (χ1) is 8.00. The summed E-state index contributed by atoms with van der Waals surface area (Å²) in [5.41, 5.74) is 2.10. The number of aromatic hydroxyl groups is 2. The molecule has 3 heteroatoms. The minimum Gasteiger partial charge on any atom is -0.508 e. The van der Waals surface area contributed by atoms with Crippen LogP contribution in [0.4, 0.5) is 0 Å². The normalized spacial score (nSPS) is 10.8. The molecule has 2 N–H and O–H groups in total. The summed E-state index contributed by atoms with van der Waals surface area (Å²) in [6.45, 7) is 4.23. The van der Waals surface area contributed by atoms with Crippen LogP contribution in [-0.2, 0) is 5.41 Å². The molecule has 2 aromatic rings. The molecule has 2 aromatic carbocycles. The molecule has 0 heterocycles. The van der Waals surface area contributed by atoms with Crippen molar-refractivity contribution in [3.05, 3.63) is 59.7 Å². The van der Waals surface area contributed by atoms with Gasteiger partial charge in [-0.1, -0.05) is 38.1 Å². The van der Waals surface area contributed by atoms with E-state index in [1.807, 2.05) is 24.3 Å². The lowest BCUT2D eigenvalue weighted by molar-refractivity contribution is 0.474. The van der Waals surface area contributed by atoms with Crippen molar-refractivity contribution in [3.8, 4) is 11.5 Å². The second-order valence-corrected chi connectivity index (χ2v) is 4.72. The topological polar surface area (TPSA) is 71.0 Å². The van der Waals surface area contributed by atoms with E-state index in [1.165, 1.54) is 0 Å². The van der Waals surface area contributed by atoms with Crippen LogP contribution in [0.2, 0.25) is 0 Å². The quantitative estimate of drug-likeness (QED) is 0.849. The van der Waals surface area contributed by atoms with E-state index in [0.717, 1.165) is 11.1 Å². The van der Waals surface area contributed by atoms with Crippen molar-refractivity contribution in [1.82, 2.24) is 6.15 Å². The zero-order valence-corrected chi connectivity index (χ0v) is 10.5. The van der Waals surface area contributed by atoms with E-state index in [-0.39, 0.29) is 23.1 Å². The van der Waals surface area contributed by atoms with Gasteiger partial charge in [-0.15, -0.1) is 0 Å². The molecule has 0 aliphatic heterocycles. The van der Waals surface area contributed by atoms with Gasteiger partial charge < -0.3 is 10.2 Å². The summed E-state index contributed by atoms with van der Waals surface area (Å²) < 4.78 is 0. The first kappa shape index (κ1) is 14.1. The van der Waals surface area contributed by atoms with Crippen LogP contribution < -0.4 is 6.15 Å². The van der Waals surface area contributed by atoms with Gasteiger partial charge in [0.05, 0.1) is 0 Å². The third kappa shape index (κ3) is 2.63. The fourth-order valence-electron chi connectivity index (χ4n) is 1.92. The van der Waals surface area contributed by atoms with Crippen molar-refractivity contribution in [1.29, 1.82) is 0 Å². The minimum atomic E-state index is -0.151. The minimum absolute atomic E-state index is 0. The van der Waals surface area contributed by atoms with Crippen molar-refractivity contribution in [2.24, 2.45) is 0 Å². The summed E-state index contributed by atoms with van der Waals surface area (Å²) in [6.07, 6.45) is 0. The average Bonchev–Trinajstić information content (AvgIpc) is 2.30. The second-order valence-electron chi connectivity index (χ2n) is 4.72. The first-order valence-electron chi connectivity index (χ1n) is 5.59. The molecule has 3 radical (unpaired) electrons. The lowest BCUT2D eigenvalue weighted by atomic mass is 9.78. The van der Waals surface area contributed by atoms with E-state index in [9.17, 15) is 10.2 Å². The summed E-state index contributed by atoms with van der Waals surface area (Å²) in [5, 5.41) is 18.6. The molecule has 0 fully saturated rings. The predicted octanol–water partition coefficient (Wildman–Crippen LogP) is 2.94. The zero-order valence-electron chi connectivity index (χ0n) is 10.5. The lowest BCUT2D eigenvalue weighted by Crippen LogP contribution is -2.18. The van der Waals surface area contributed by atoms with Crippen molar-refractivity contribution in [3.63, 3.8) is 0 Å². The Labute approximate surface area is 107 Å². The Morgan fingerprint density at radius 1 is 0.667 bits per heavy atom. The Morgan fingerprint density at radius 3 is 1.22 bits per heavy atom. The number of hydrogen-bond acceptors (Lipinski definition) is 2. The number of phenols is 2. The van der Waals surface area contributed by atoms with Crippen LogP contribution in [-0.4, -0.2) is 10.2 Å². The molecule has 0 aliphatic carbocycles. The van der Waals surface area contributed by atoms with Crippen molar-refractivity contribution < 1.29 is 10.2 Å². The van der Waals surface area contributed by atoms with Gasteiger partial charge in [-0.05, 0) is 35.4 Å². The monoisotopic (exact) mass is 242 g/mol. The van der Waals surface area contributed by atoms with Gasteiger partial charge in [0.2, 0.25) is 0 Å². The van der Waals surface area contributed by atoms with Crippen LogP contribution in [0.5, 0.6) is 11.5 Å². The molecule has 0 aliphatic rings. The van der Waals surface area contributed by atoms with Crippen LogP contribution in [0.1, 0.15) is 25.0 Å². The van der Waals surface area contributed by atoms with Crippen LogP contribution in [0, 0.1) is 0 Å². The van der Waals surface area contributed by atoms with Gasteiger partial charge in [0.25, 0.3) is 0 Å². The number of rotatable bonds is 2. The van der Waals surface area contributed by atoms with Crippen LogP contribution in [0.25, 0.3) is 0 Å². The first-order valence-corrected chi connectivity index (χ1v) is 5.59. The lowest BCUT2D eigenvalue weighted by Gasteiger charge is -2.26. The molecule has 18 heavy (non-hydrogen) atoms. The molecule has 3 nitrogen and oxygen atoms in total. The Morgan fingerprint density at radius 2 is 0.944 bits per heavy atom. The average molecular weight is 242 g/mol. The molecule has 0 unspecified atom stereocenters. The van der Waals surface area contributed by atoms with E-state index in [4.69, 9.17) is 0 Å². The van der Waals surface area contributed by atoms with E-state index in [1.54, 1.807) is 24.3 Å². The van der Waals surface area contributed by atoms with E-state index < -0.39 is 0 Å². The zero-order chi connectivity index (χ0) is 12.5. The molecule has 0 saturated heterocycles. The molecule has 0 amide bonds. The molecule has 0 spiro atoms. The maximum atomic E-state index is 9.30. The molecule has 0 aromatic heterocycles. The number of phenolic OH excluding ortho intramolecular Hbond substituents is 2. The van der Waals surface area contributed by atoms with E-state index in [2.05, 4.69) is 13.8 Å². The van der Waals surface area contributed by atoms with Gasteiger partial charge in [0.1, 0.15) is 11.5 Å². The highest BCUT2D eigenvalue weighted by Gasteiger charge is 2.22.